The standard InChI is InChI=1S/C21H18N4O/c1-14-7-3-6-10-19(14)25-15(2)20(23-24-25)21(26)22-18-12-11-16-8-4-5-9-17(16)13-18/h3-13H,1-2H3,(H,22,26). The van der Waals surface area contributed by atoms with Crippen molar-refractivity contribution < 1.29 is 4.79 Å². The predicted molar refractivity (Wildman–Crippen MR) is 103 cm³/mol. The van der Waals surface area contributed by atoms with Crippen LogP contribution in [0.4, 0.5) is 5.69 Å². The molecule has 4 rings (SSSR count). The van der Waals surface area contributed by atoms with Crippen LogP contribution in [0.3, 0.4) is 0 Å². The molecule has 0 atom stereocenters. The summed E-state index contributed by atoms with van der Waals surface area (Å²) in [5.41, 5.74) is 3.75. The molecule has 5 heteroatoms. The van der Waals surface area contributed by atoms with Crippen LogP contribution in [0.15, 0.2) is 66.7 Å². The molecule has 0 bridgehead atoms. The fourth-order valence-corrected chi connectivity index (χ4v) is 3.03. The van der Waals surface area contributed by atoms with Crippen molar-refractivity contribution in [1.29, 1.82) is 0 Å². The van der Waals surface area contributed by atoms with Gasteiger partial charge in [0.15, 0.2) is 5.69 Å². The summed E-state index contributed by atoms with van der Waals surface area (Å²) in [5, 5.41) is 13.4. The third-order valence-corrected chi connectivity index (χ3v) is 4.46. The quantitative estimate of drug-likeness (QED) is 0.604. The second kappa shape index (κ2) is 6.44. The van der Waals surface area contributed by atoms with Gasteiger partial charge in [-0.1, -0.05) is 53.7 Å². The molecule has 0 radical (unpaired) electrons. The number of aryl methyl sites for hydroxylation is 1. The first kappa shape index (κ1) is 16.0. The Labute approximate surface area is 151 Å². The van der Waals surface area contributed by atoms with Crippen molar-refractivity contribution in [3.05, 3.63) is 83.7 Å². The maximum atomic E-state index is 12.7. The van der Waals surface area contributed by atoms with Crippen molar-refractivity contribution in [1.82, 2.24) is 15.0 Å². The number of nitrogens with one attached hydrogen (secondary N) is 1. The van der Waals surface area contributed by atoms with Gasteiger partial charge in [0.05, 0.1) is 11.4 Å². The maximum absolute atomic E-state index is 12.7. The molecule has 4 aromatic rings. The highest BCUT2D eigenvalue weighted by Crippen LogP contribution is 2.20. The number of para-hydroxylation sites is 1. The van der Waals surface area contributed by atoms with Gasteiger partial charge in [-0.25, -0.2) is 4.68 Å². The van der Waals surface area contributed by atoms with Gasteiger partial charge in [0.25, 0.3) is 5.91 Å². The van der Waals surface area contributed by atoms with E-state index in [-0.39, 0.29) is 5.91 Å². The number of fused-ring (bicyclic) bond motifs is 1. The molecule has 5 nitrogen and oxygen atoms in total. The Morgan fingerprint density at radius 1 is 0.923 bits per heavy atom. The smallest absolute Gasteiger partial charge is 0.278 e. The van der Waals surface area contributed by atoms with Crippen molar-refractivity contribution in [2.45, 2.75) is 13.8 Å². The first-order chi connectivity index (χ1) is 12.6. The molecule has 0 aliphatic rings. The average Bonchev–Trinajstić information content (AvgIpc) is 3.03. The van der Waals surface area contributed by atoms with Crippen molar-refractivity contribution in [3.8, 4) is 5.69 Å². The van der Waals surface area contributed by atoms with E-state index in [9.17, 15) is 4.79 Å². The number of nitrogens with zero attached hydrogens (tertiary/aromatic N) is 3. The van der Waals surface area contributed by atoms with Crippen LogP contribution in [0.2, 0.25) is 0 Å². The molecule has 1 amide bonds. The molecule has 3 aromatic carbocycles. The van der Waals surface area contributed by atoms with E-state index in [4.69, 9.17) is 0 Å². The zero-order valence-corrected chi connectivity index (χ0v) is 14.6. The van der Waals surface area contributed by atoms with Crippen molar-refractivity contribution in [3.63, 3.8) is 0 Å². The molecule has 1 aromatic heterocycles. The summed E-state index contributed by atoms with van der Waals surface area (Å²) < 4.78 is 1.70. The summed E-state index contributed by atoms with van der Waals surface area (Å²) >= 11 is 0. The van der Waals surface area contributed by atoms with Crippen LogP contribution in [0.1, 0.15) is 21.7 Å². The first-order valence-electron chi connectivity index (χ1n) is 8.42. The number of benzene rings is 3. The monoisotopic (exact) mass is 342 g/mol. The molecule has 0 spiro atoms. The van der Waals surface area contributed by atoms with E-state index in [1.165, 1.54) is 0 Å². The maximum Gasteiger partial charge on any atom is 0.278 e. The lowest BCUT2D eigenvalue weighted by atomic mass is 10.1. The summed E-state index contributed by atoms with van der Waals surface area (Å²) in [5.74, 6) is -0.266. The number of amides is 1. The Morgan fingerprint density at radius 3 is 2.46 bits per heavy atom. The van der Waals surface area contributed by atoms with E-state index in [0.717, 1.165) is 27.7 Å². The Balaban J connectivity index is 1.63. The molecule has 1 N–H and O–H groups in total. The summed E-state index contributed by atoms with van der Waals surface area (Å²) in [6.45, 7) is 3.85. The highest BCUT2D eigenvalue weighted by molar-refractivity contribution is 6.04. The largest absolute Gasteiger partial charge is 0.321 e. The van der Waals surface area contributed by atoms with E-state index < -0.39 is 0 Å². The Hall–Kier alpha value is -3.47. The van der Waals surface area contributed by atoms with Crippen LogP contribution in [-0.2, 0) is 0 Å². The zero-order valence-electron chi connectivity index (χ0n) is 14.6. The van der Waals surface area contributed by atoms with Gasteiger partial charge in [-0.3, -0.25) is 4.79 Å². The first-order valence-corrected chi connectivity index (χ1v) is 8.42. The second-order valence-electron chi connectivity index (χ2n) is 6.24. The van der Waals surface area contributed by atoms with Crippen LogP contribution >= 0.6 is 0 Å². The molecule has 0 saturated heterocycles. The Kier molecular flexibility index (Phi) is 3.97. The molecular formula is C21H18N4O. The summed E-state index contributed by atoms with van der Waals surface area (Å²) in [6, 6.07) is 21.7. The summed E-state index contributed by atoms with van der Waals surface area (Å²) in [4.78, 5) is 12.7. The number of hydrogen-bond acceptors (Lipinski definition) is 3. The Bertz CT molecular complexity index is 1110. The second-order valence-corrected chi connectivity index (χ2v) is 6.24. The minimum Gasteiger partial charge on any atom is -0.321 e. The lowest BCUT2D eigenvalue weighted by Gasteiger charge is -2.08. The van der Waals surface area contributed by atoms with Gasteiger partial charge in [0.1, 0.15) is 0 Å². The van der Waals surface area contributed by atoms with Gasteiger partial charge in [-0.15, -0.1) is 5.10 Å². The number of aromatic nitrogens is 3. The molecule has 26 heavy (non-hydrogen) atoms. The number of rotatable bonds is 3. The van der Waals surface area contributed by atoms with Crippen LogP contribution in [-0.4, -0.2) is 20.9 Å². The molecule has 0 aliphatic heterocycles. The molecule has 128 valence electrons. The van der Waals surface area contributed by atoms with Gasteiger partial charge in [0, 0.05) is 5.69 Å². The van der Waals surface area contributed by atoms with Crippen molar-refractivity contribution >= 4 is 22.4 Å². The van der Waals surface area contributed by atoms with Gasteiger partial charge < -0.3 is 5.32 Å². The van der Waals surface area contributed by atoms with Crippen LogP contribution in [0.25, 0.3) is 16.5 Å². The lowest BCUT2D eigenvalue weighted by Crippen LogP contribution is -2.14. The van der Waals surface area contributed by atoms with E-state index in [0.29, 0.717) is 11.4 Å². The van der Waals surface area contributed by atoms with Gasteiger partial charge >= 0.3 is 0 Å². The third-order valence-electron chi connectivity index (χ3n) is 4.46. The SMILES string of the molecule is Cc1ccccc1-n1nnc(C(=O)Nc2ccc3ccccc3c2)c1C. The van der Waals surface area contributed by atoms with E-state index in [1.54, 1.807) is 4.68 Å². The van der Waals surface area contributed by atoms with Crippen molar-refractivity contribution in [2.75, 3.05) is 5.32 Å². The van der Waals surface area contributed by atoms with Gasteiger partial charge in [-0.2, -0.15) is 0 Å². The average molecular weight is 342 g/mol. The van der Waals surface area contributed by atoms with E-state index in [2.05, 4.69) is 15.6 Å². The fourth-order valence-electron chi connectivity index (χ4n) is 3.03. The molecule has 1 heterocycles. The van der Waals surface area contributed by atoms with E-state index in [1.807, 2.05) is 80.6 Å². The predicted octanol–water partition coefficient (Wildman–Crippen LogP) is 4.29. The lowest BCUT2D eigenvalue weighted by molar-refractivity contribution is 0.102. The topological polar surface area (TPSA) is 59.8 Å². The third kappa shape index (κ3) is 2.84. The molecule has 0 aliphatic carbocycles. The highest BCUT2D eigenvalue weighted by atomic mass is 16.2. The highest BCUT2D eigenvalue weighted by Gasteiger charge is 2.18. The zero-order chi connectivity index (χ0) is 18.1. The fraction of sp³-hybridized carbons (Fsp3) is 0.0952. The van der Waals surface area contributed by atoms with Crippen LogP contribution in [0, 0.1) is 13.8 Å². The van der Waals surface area contributed by atoms with Crippen molar-refractivity contribution in [2.24, 2.45) is 0 Å². The molecular weight excluding hydrogens is 324 g/mol. The summed E-state index contributed by atoms with van der Waals surface area (Å²) in [6.07, 6.45) is 0. The number of carbonyl (C=O) groups excluding carboxylic acids is 1. The van der Waals surface area contributed by atoms with Crippen LogP contribution < -0.4 is 5.32 Å². The molecule has 0 fully saturated rings. The molecule has 0 unspecified atom stereocenters. The summed E-state index contributed by atoms with van der Waals surface area (Å²) in [7, 11) is 0. The minimum absolute atomic E-state index is 0.266. The normalized spacial score (nSPS) is 10.8. The number of anilines is 1. The van der Waals surface area contributed by atoms with Gasteiger partial charge in [0.2, 0.25) is 0 Å². The van der Waals surface area contributed by atoms with E-state index >= 15 is 0 Å². The van der Waals surface area contributed by atoms with Crippen LogP contribution in [0.5, 0.6) is 0 Å². The van der Waals surface area contributed by atoms with Gasteiger partial charge in [-0.05, 0) is 48.4 Å². The minimum atomic E-state index is -0.266. The number of carbonyl (C=O) groups is 1. The Morgan fingerprint density at radius 2 is 1.65 bits per heavy atom. The molecule has 0 saturated carbocycles. The number of hydrogen-bond donors (Lipinski definition) is 1.